The van der Waals surface area contributed by atoms with E-state index >= 15 is 0 Å². The summed E-state index contributed by atoms with van der Waals surface area (Å²) in [5, 5.41) is 5.51. The van der Waals surface area contributed by atoms with Gasteiger partial charge in [0, 0.05) is 18.4 Å². The summed E-state index contributed by atoms with van der Waals surface area (Å²) in [6.07, 6.45) is 3.86. The first-order chi connectivity index (χ1) is 14.9. The number of aromatic nitrogens is 1. The second-order valence-corrected chi connectivity index (χ2v) is 11.3. The number of piperidine rings is 1. The number of nitrogens with one attached hydrogen (secondary N) is 1. The molecule has 0 radical (unpaired) electrons. The SMILES string of the molecule is COc1ccc(-c2cc(NCCCN3CCC(S(C)(=O)=O)CC3)c3sccc3n2)cc1. The molecule has 166 valence electrons. The van der Waals surface area contributed by atoms with Crippen LogP contribution in [0.2, 0.25) is 0 Å². The Hall–Kier alpha value is -2.16. The third kappa shape index (κ3) is 5.37. The largest absolute Gasteiger partial charge is 0.497 e. The van der Waals surface area contributed by atoms with Crippen LogP contribution >= 0.6 is 11.3 Å². The summed E-state index contributed by atoms with van der Waals surface area (Å²) in [6.45, 7) is 3.58. The van der Waals surface area contributed by atoms with Gasteiger partial charge in [0.1, 0.15) is 15.6 Å². The molecule has 1 aliphatic rings. The smallest absolute Gasteiger partial charge is 0.150 e. The molecule has 3 aromatic rings. The molecule has 1 saturated heterocycles. The van der Waals surface area contributed by atoms with Crippen molar-refractivity contribution in [3.63, 3.8) is 0 Å². The molecule has 0 amide bonds. The van der Waals surface area contributed by atoms with E-state index in [-0.39, 0.29) is 5.25 Å². The predicted molar refractivity (Wildman–Crippen MR) is 129 cm³/mol. The number of sulfone groups is 1. The van der Waals surface area contributed by atoms with Crippen LogP contribution in [-0.4, -0.2) is 63.1 Å². The highest BCUT2D eigenvalue weighted by molar-refractivity contribution is 7.91. The van der Waals surface area contributed by atoms with Gasteiger partial charge < -0.3 is 15.0 Å². The van der Waals surface area contributed by atoms with E-state index in [4.69, 9.17) is 9.72 Å². The van der Waals surface area contributed by atoms with E-state index in [0.717, 1.165) is 73.7 Å². The van der Waals surface area contributed by atoms with E-state index in [2.05, 4.69) is 27.7 Å². The quantitative estimate of drug-likeness (QED) is 0.507. The number of methoxy groups -OCH3 is 1. The topological polar surface area (TPSA) is 71.5 Å². The minimum absolute atomic E-state index is 0.165. The van der Waals surface area contributed by atoms with Gasteiger partial charge in [-0.25, -0.2) is 13.4 Å². The zero-order valence-electron chi connectivity index (χ0n) is 18.0. The van der Waals surface area contributed by atoms with Crippen molar-refractivity contribution >= 4 is 37.1 Å². The second-order valence-electron chi connectivity index (χ2n) is 8.07. The molecule has 1 N–H and O–H groups in total. The van der Waals surface area contributed by atoms with Gasteiger partial charge in [0.2, 0.25) is 0 Å². The Morgan fingerprint density at radius 2 is 1.94 bits per heavy atom. The Kier molecular flexibility index (Phi) is 6.79. The van der Waals surface area contributed by atoms with Gasteiger partial charge in [-0.05, 0) is 80.7 Å². The standard InChI is InChI=1S/C23H29N3O3S2/c1-29-18-6-4-17(5-7-18)21-16-22(23-20(25-21)10-15-30-23)24-11-3-12-26-13-8-19(9-14-26)31(2,27)28/h4-7,10,15-16,19H,3,8-9,11-14H2,1-2H3,(H,24,25). The number of anilines is 1. The average Bonchev–Trinajstić information content (AvgIpc) is 3.25. The van der Waals surface area contributed by atoms with Gasteiger partial charge >= 0.3 is 0 Å². The molecule has 1 aromatic carbocycles. The number of fused-ring (bicyclic) bond motifs is 1. The van der Waals surface area contributed by atoms with Gasteiger partial charge in [-0.3, -0.25) is 0 Å². The third-order valence-corrected chi connectivity index (χ3v) is 8.52. The highest BCUT2D eigenvalue weighted by Gasteiger charge is 2.26. The fourth-order valence-electron chi connectivity index (χ4n) is 4.08. The zero-order chi connectivity index (χ0) is 21.8. The Morgan fingerprint density at radius 3 is 2.61 bits per heavy atom. The molecule has 0 unspecified atom stereocenters. The van der Waals surface area contributed by atoms with E-state index in [9.17, 15) is 8.42 Å². The van der Waals surface area contributed by atoms with Crippen molar-refractivity contribution in [3.05, 3.63) is 41.8 Å². The summed E-state index contributed by atoms with van der Waals surface area (Å²) in [5.74, 6) is 0.833. The van der Waals surface area contributed by atoms with Gasteiger partial charge in [-0.1, -0.05) is 0 Å². The highest BCUT2D eigenvalue weighted by atomic mass is 32.2. The normalized spacial score (nSPS) is 15.9. The summed E-state index contributed by atoms with van der Waals surface area (Å²) in [7, 11) is -1.24. The van der Waals surface area contributed by atoms with Crippen LogP contribution in [0.4, 0.5) is 5.69 Å². The first kappa shape index (κ1) is 22.0. The number of rotatable bonds is 8. The van der Waals surface area contributed by atoms with Crippen molar-refractivity contribution < 1.29 is 13.2 Å². The van der Waals surface area contributed by atoms with E-state index in [1.54, 1.807) is 18.4 Å². The first-order valence-electron chi connectivity index (χ1n) is 10.6. The van der Waals surface area contributed by atoms with E-state index < -0.39 is 9.84 Å². The number of hydrogen-bond donors (Lipinski definition) is 1. The minimum Gasteiger partial charge on any atom is -0.497 e. The molecule has 1 aliphatic heterocycles. The average molecular weight is 460 g/mol. The lowest BCUT2D eigenvalue weighted by Gasteiger charge is -2.31. The number of pyridine rings is 1. The van der Waals surface area contributed by atoms with E-state index in [1.807, 2.05) is 24.3 Å². The van der Waals surface area contributed by atoms with Crippen molar-refractivity contribution in [3.8, 4) is 17.0 Å². The van der Waals surface area contributed by atoms with Gasteiger partial charge in [0.25, 0.3) is 0 Å². The summed E-state index contributed by atoms with van der Waals surface area (Å²) < 4.78 is 29.9. The highest BCUT2D eigenvalue weighted by Crippen LogP contribution is 2.32. The molecule has 0 saturated carbocycles. The Morgan fingerprint density at radius 1 is 1.19 bits per heavy atom. The monoisotopic (exact) mass is 459 g/mol. The van der Waals surface area contributed by atoms with Crippen molar-refractivity contribution in [2.75, 3.05) is 44.9 Å². The molecule has 6 nitrogen and oxygen atoms in total. The number of nitrogens with zero attached hydrogens (tertiary/aromatic N) is 2. The van der Waals surface area contributed by atoms with Crippen molar-refractivity contribution in [1.29, 1.82) is 0 Å². The van der Waals surface area contributed by atoms with Crippen LogP contribution in [0.5, 0.6) is 5.75 Å². The van der Waals surface area contributed by atoms with Crippen LogP contribution in [0, 0.1) is 0 Å². The van der Waals surface area contributed by atoms with Gasteiger partial charge in [0.15, 0.2) is 0 Å². The summed E-state index contributed by atoms with van der Waals surface area (Å²) in [5.41, 5.74) is 4.12. The van der Waals surface area contributed by atoms with Crippen molar-refractivity contribution in [2.24, 2.45) is 0 Å². The molecule has 2 aromatic heterocycles. The van der Waals surface area contributed by atoms with Gasteiger partial charge in [-0.15, -0.1) is 11.3 Å². The first-order valence-corrected chi connectivity index (χ1v) is 13.5. The van der Waals surface area contributed by atoms with Crippen molar-refractivity contribution in [2.45, 2.75) is 24.5 Å². The molecule has 0 bridgehead atoms. The third-order valence-electron chi connectivity index (χ3n) is 5.90. The molecule has 1 fully saturated rings. The maximum Gasteiger partial charge on any atom is 0.150 e. The van der Waals surface area contributed by atoms with Crippen LogP contribution in [0.25, 0.3) is 21.5 Å². The Bertz CT molecular complexity index is 1120. The molecule has 0 aliphatic carbocycles. The molecule has 4 rings (SSSR count). The fraction of sp³-hybridized carbons (Fsp3) is 0.435. The molecule has 3 heterocycles. The summed E-state index contributed by atoms with van der Waals surface area (Å²) >= 11 is 1.70. The van der Waals surface area contributed by atoms with Crippen molar-refractivity contribution in [1.82, 2.24) is 9.88 Å². The van der Waals surface area contributed by atoms with Crippen LogP contribution in [0.3, 0.4) is 0 Å². The Labute approximate surface area is 188 Å². The lowest BCUT2D eigenvalue weighted by atomic mass is 10.1. The summed E-state index contributed by atoms with van der Waals surface area (Å²) in [6, 6.07) is 12.2. The number of hydrogen-bond acceptors (Lipinski definition) is 7. The van der Waals surface area contributed by atoms with Crippen LogP contribution < -0.4 is 10.1 Å². The second kappa shape index (κ2) is 9.54. The number of ether oxygens (including phenoxy) is 1. The maximum absolute atomic E-state index is 11.7. The van der Waals surface area contributed by atoms with Gasteiger partial charge in [-0.2, -0.15) is 0 Å². The zero-order valence-corrected chi connectivity index (χ0v) is 19.6. The van der Waals surface area contributed by atoms with Crippen LogP contribution in [-0.2, 0) is 9.84 Å². The molecule has 31 heavy (non-hydrogen) atoms. The van der Waals surface area contributed by atoms with Crippen LogP contribution in [0.15, 0.2) is 41.8 Å². The lowest BCUT2D eigenvalue weighted by molar-refractivity contribution is 0.229. The molecule has 0 atom stereocenters. The van der Waals surface area contributed by atoms with E-state index in [0.29, 0.717) is 0 Å². The minimum atomic E-state index is -2.91. The predicted octanol–water partition coefficient (Wildman–Crippen LogP) is 4.28. The van der Waals surface area contributed by atoms with Gasteiger partial charge in [0.05, 0.1) is 34.0 Å². The maximum atomic E-state index is 11.7. The molecular weight excluding hydrogens is 430 g/mol. The molecule has 8 heteroatoms. The van der Waals surface area contributed by atoms with E-state index in [1.165, 1.54) is 11.0 Å². The number of thiophene rings is 1. The number of benzene rings is 1. The number of likely N-dealkylation sites (tertiary alicyclic amines) is 1. The fourth-order valence-corrected chi connectivity index (χ4v) is 5.98. The molecule has 0 spiro atoms. The summed E-state index contributed by atoms with van der Waals surface area (Å²) in [4.78, 5) is 7.20. The molecular formula is C23H29N3O3S2. The van der Waals surface area contributed by atoms with Crippen LogP contribution in [0.1, 0.15) is 19.3 Å². The lowest BCUT2D eigenvalue weighted by Crippen LogP contribution is -2.39. The Balaban J connectivity index is 1.37.